The van der Waals surface area contributed by atoms with Crippen molar-refractivity contribution in [3.8, 4) is 0 Å². The number of allylic oxidation sites excluding steroid dienone is 5. The summed E-state index contributed by atoms with van der Waals surface area (Å²) < 4.78 is 14.0. The van der Waals surface area contributed by atoms with E-state index in [0.717, 1.165) is 44.6 Å². The summed E-state index contributed by atoms with van der Waals surface area (Å²) in [6.45, 7) is 22.1. The van der Waals surface area contributed by atoms with Gasteiger partial charge in [0.1, 0.15) is 6.04 Å². The van der Waals surface area contributed by atoms with Crippen LogP contribution < -0.4 is 5.32 Å². The smallest absolute Gasteiger partial charge is 0.321 e. The molecule has 5 fully saturated rings. The topological polar surface area (TPSA) is 72.8 Å². The van der Waals surface area contributed by atoms with Crippen LogP contribution >= 0.6 is 11.8 Å². The van der Waals surface area contributed by atoms with Crippen LogP contribution in [0.25, 0.3) is 0 Å². The van der Waals surface area contributed by atoms with Crippen LogP contribution in [-0.2, 0) is 4.79 Å². The summed E-state index contributed by atoms with van der Waals surface area (Å²) in [7, 11) is 0. The molecule has 7 heteroatoms. The molecule has 0 amide bonds. The Morgan fingerprint density at radius 3 is 2.45 bits per heavy atom. The van der Waals surface area contributed by atoms with E-state index in [2.05, 4.69) is 70.5 Å². The number of thioether (sulfide) groups is 1. The van der Waals surface area contributed by atoms with Crippen molar-refractivity contribution in [3.63, 3.8) is 0 Å². The van der Waals surface area contributed by atoms with Gasteiger partial charge in [0, 0.05) is 42.1 Å². The molecule has 0 aromatic carbocycles. The molecule has 4 saturated carbocycles. The average Bonchev–Trinajstić information content (AvgIpc) is 3.49. The van der Waals surface area contributed by atoms with Crippen LogP contribution in [0.2, 0.25) is 0 Å². The quantitative estimate of drug-likeness (QED) is 0.206. The lowest BCUT2D eigenvalue weighted by molar-refractivity contribution is -0.221. The van der Waals surface area contributed by atoms with E-state index >= 15 is 0 Å². The van der Waals surface area contributed by atoms with Gasteiger partial charge in [0.25, 0.3) is 0 Å². The first-order valence-corrected chi connectivity index (χ1v) is 21.8. The number of carboxylic acids is 1. The van der Waals surface area contributed by atoms with E-state index in [0.29, 0.717) is 41.8 Å². The van der Waals surface area contributed by atoms with E-state index in [1.54, 1.807) is 11.8 Å². The van der Waals surface area contributed by atoms with Crippen molar-refractivity contribution < 1.29 is 19.4 Å². The Labute approximate surface area is 313 Å². The van der Waals surface area contributed by atoms with Crippen molar-refractivity contribution in [2.75, 3.05) is 44.4 Å². The number of carboxylic acid groups (broad SMARTS) is 1. The third-order valence-electron chi connectivity index (χ3n) is 17.7. The molecule has 7 rings (SSSR count). The molecule has 6 aliphatic carbocycles. The molecule has 0 bridgehead atoms. The summed E-state index contributed by atoms with van der Waals surface area (Å²) in [5, 5.41) is 24.1. The summed E-state index contributed by atoms with van der Waals surface area (Å²) in [5.74, 6) is 4.16. The summed E-state index contributed by atoms with van der Waals surface area (Å²) in [6, 6.07) is -0.367. The molecule has 0 aromatic heterocycles. The van der Waals surface area contributed by atoms with Crippen molar-refractivity contribution in [3.05, 3.63) is 35.5 Å². The number of fused-ring (bicyclic) bond motifs is 7. The van der Waals surface area contributed by atoms with Crippen LogP contribution in [-0.4, -0.2) is 77.1 Å². The molecule has 11 atom stereocenters. The first-order chi connectivity index (χ1) is 24.1. The first kappa shape index (κ1) is 38.1. The van der Waals surface area contributed by atoms with Crippen LogP contribution in [0.15, 0.2) is 35.5 Å². The minimum Gasteiger partial charge on any atom is -0.480 e. The summed E-state index contributed by atoms with van der Waals surface area (Å²) >= 11 is 1.77. The Hall–Kier alpha value is -1.15. The maximum absolute atomic E-state index is 14.0. The molecule has 286 valence electrons. The van der Waals surface area contributed by atoms with E-state index in [-0.39, 0.29) is 39.8 Å². The minimum absolute atomic E-state index is 0.0628. The number of nitrogens with zero attached hydrogens (tertiary/aromatic N) is 1. The number of hydrogen-bond donors (Lipinski definition) is 3. The highest BCUT2D eigenvalue weighted by atomic mass is 32.2. The van der Waals surface area contributed by atoms with Crippen LogP contribution in [0.3, 0.4) is 0 Å². The van der Waals surface area contributed by atoms with Gasteiger partial charge in [-0.2, -0.15) is 11.8 Å². The van der Waals surface area contributed by atoms with Gasteiger partial charge in [-0.1, -0.05) is 58.9 Å². The van der Waals surface area contributed by atoms with Gasteiger partial charge in [0.15, 0.2) is 0 Å². The van der Waals surface area contributed by atoms with Gasteiger partial charge in [-0.05, 0) is 146 Å². The van der Waals surface area contributed by atoms with E-state index in [1.807, 2.05) is 0 Å². The number of aliphatic hydroxyl groups excluding tert-OH is 1. The van der Waals surface area contributed by atoms with Gasteiger partial charge in [-0.15, -0.1) is 0 Å². The highest BCUT2D eigenvalue weighted by molar-refractivity contribution is 7.99. The van der Waals surface area contributed by atoms with Crippen LogP contribution in [0.1, 0.15) is 119 Å². The number of nitrogens with one attached hydrogen (secondary N) is 1. The Morgan fingerprint density at radius 2 is 1.78 bits per heavy atom. The van der Waals surface area contributed by atoms with Crippen LogP contribution in [0.4, 0.5) is 4.39 Å². The molecule has 1 heterocycles. The van der Waals surface area contributed by atoms with Gasteiger partial charge >= 0.3 is 5.97 Å². The third kappa shape index (κ3) is 5.81. The van der Waals surface area contributed by atoms with E-state index in [9.17, 15) is 19.4 Å². The molecule has 1 aliphatic heterocycles. The van der Waals surface area contributed by atoms with Crippen molar-refractivity contribution in [1.82, 2.24) is 10.2 Å². The second-order valence-electron chi connectivity index (χ2n) is 20.0. The molecule has 5 nitrogen and oxygen atoms in total. The Bertz CT molecular complexity index is 1440. The Balaban J connectivity index is 1.14. The second kappa shape index (κ2) is 13.6. The zero-order valence-electron chi connectivity index (χ0n) is 32.8. The van der Waals surface area contributed by atoms with Gasteiger partial charge < -0.3 is 15.5 Å². The molecule has 7 aliphatic rings. The van der Waals surface area contributed by atoms with E-state index in [4.69, 9.17) is 0 Å². The number of carbonyl (C=O) groups is 1. The van der Waals surface area contributed by atoms with E-state index < -0.39 is 18.1 Å². The monoisotopic (exact) mass is 725 g/mol. The summed E-state index contributed by atoms with van der Waals surface area (Å²) in [6.07, 6.45) is 18.4. The van der Waals surface area contributed by atoms with Crippen LogP contribution in [0, 0.1) is 56.7 Å². The largest absolute Gasteiger partial charge is 0.480 e. The maximum atomic E-state index is 14.0. The minimum atomic E-state index is -0.676. The molecule has 0 radical (unpaired) electrons. The lowest BCUT2D eigenvalue weighted by Crippen LogP contribution is -2.68. The van der Waals surface area contributed by atoms with Gasteiger partial charge in [-0.25, -0.2) is 0 Å². The standard InChI is InChI=1S/C44H69FN2O3S/c1-29(2)31-12-19-44(46-22-23-47-24-25-51-26-34(47)38(49)50)21-20-41(6)33(37(31)44)8-9-36-40(5)15-13-32(30-10-17-43(27-45,28-48)18-11-30)39(3,4)35(40)14-16-42(36,41)7/h10,13,31,33-37,46,48H,1,8-9,11-12,14-28H2,2-7H3,(H,49,50)/t31-,33+,34?,35-,36+,37+,40-,41+,42+,43+,44-/m0/s1. The molecule has 0 aromatic rings. The fourth-order valence-electron chi connectivity index (χ4n) is 14.7. The summed E-state index contributed by atoms with van der Waals surface area (Å²) in [5.41, 5.74) is 4.71. The lowest BCUT2D eigenvalue weighted by Gasteiger charge is -2.72. The number of alkyl halides is 1. The number of rotatable bonds is 9. The SMILES string of the molecule is C=C(C)[C@@H]1CC[C@]2(NCCN3CCSCC3C(=O)O)CC[C@]3(C)[C@H](CC[C@@H]4[C@@]5(C)CC=C(C6=CC[C@](CO)(CF)CC6)C(C)(C)[C@@H]5CC[C@]43C)[C@@H]12. The number of halogens is 1. The third-order valence-corrected chi connectivity index (χ3v) is 18.7. The van der Waals surface area contributed by atoms with Crippen LogP contribution in [0.5, 0.6) is 0 Å². The zero-order chi connectivity index (χ0) is 36.6. The Morgan fingerprint density at radius 1 is 1.00 bits per heavy atom. The number of aliphatic carboxylic acids is 1. The normalized spacial score (nSPS) is 46.5. The lowest BCUT2D eigenvalue weighted by atomic mass is 9.33. The summed E-state index contributed by atoms with van der Waals surface area (Å²) in [4.78, 5) is 14.2. The van der Waals surface area contributed by atoms with Gasteiger partial charge in [-0.3, -0.25) is 14.1 Å². The van der Waals surface area contributed by atoms with Crippen molar-refractivity contribution in [2.24, 2.45) is 56.7 Å². The number of aliphatic hydroxyl groups is 1. The van der Waals surface area contributed by atoms with Gasteiger partial charge in [0.05, 0.1) is 13.3 Å². The molecular weight excluding hydrogens is 656 g/mol. The van der Waals surface area contributed by atoms with E-state index in [1.165, 1.54) is 68.1 Å². The highest BCUT2D eigenvalue weighted by Gasteiger charge is 2.70. The average molecular weight is 725 g/mol. The zero-order valence-corrected chi connectivity index (χ0v) is 33.6. The Kier molecular flexibility index (Phi) is 10.1. The van der Waals surface area contributed by atoms with Crippen molar-refractivity contribution in [1.29, 1.82) is 0 Å². The van der Waals surface area contributed by atoms with Crippen molar-refractivity contribution >= 4 is 17.7 Å². The fourth-order valence-corrected chi connectivity index (χ4v) is 15.8. The fraction of sp³-hybridized carbons (Fsp3) is 0.841. The first-order valence-electron chi connectivity index (χ1n) is 20.6. The molecule has 3 N–H and O–H groups in total. The van der Waals surface area contributed by atoms with Crippen molar-refractivity contribution in [2.45, 2.75) is 130 Å². The molecule has 0 spiro atoms. The molecule has 1 saturated heterocycles. The molecule has 1 unspecified atom stereocenters. The molecule has 51 heavy (non-hydrogen) atoms. The maximum Gasteiger partial charge on any atom is 0.321 e. The molecular formula is C44H69FN2O3S. The number of hydrogen-bond acceptors (Lipinski definition) is 5. The predicted molar refractivity (Wildman–Crippen MR) is 208 cm³/mol. The second-order valence-corrected chi connectivity index (χ2v) is 21.2. The van der Waals surface area contributed by atoms with Gasteiger partial charge in [0.2, 0.25) is 0 Å². The predicted octanol–water partition coefficient (Wildman–Crippen LogP) is 9.08. The highest BCUT2D eigenvalue weighted by Crippen LogP contribution is 2.76.